The summed E-state index contributed by atoms with van der Waals surface area (Å²) in [5.41, 5.74) is -5.23. The average molecular weight is 402 g/mol. The zero-order valence-electron chi connectivity index (χ0n) is 15.3. The van der Waals surface area contributed by atoms with Gasteiger partial charge in [0.25, 0.3) is 0 Å². The fourth-order valence-corrected chi connectivity index (χ4v) is 3.70. The van der Waals surface area contributed by atoms with Gasteiger partial charge >= 0.3 is 15.5 Å². The predicted molar refractivity (Wildman–Crippen MR) is 94.4 cm³/mol. The molecule has 154 valence electrons. The predicted octanol–water partition coefficient (Wildman–Crippen LogP) is 1.53. The van der Waals surface area contributed by atoms with E-state index in [1.807, 2.05) is 0 Å². The summed E-state index contributed by atoms with van der Waals surface area (Å²) in [5.74, 6) is 0.747. The molecule has 11 heteroatoms. The Kier molecular flexibility index (Phi) is 9.66. The first-order valence-electron chi connectivity index (χ1n) is 8.72. The van der Waals surface area contributed by atoms with Crippen LogP contribution in [0.5, 0.6) is 0 Å². The molecule has 1 fully saturated rings. The summed E-state index contributed by atoms with van der Waals surface area (Å²) in [4.78, 5) is 4.11. The number of rotatable bonds is 9. The molecule has 0 unspecified atom stereocenters. The van der Waals surface area contributed by atoms with Crippen molar-refractivity contribution in [3.05, 3.63) is 0 Å². The molecular formula is C15H29F3N4O3S. The monoisotopic (exact) mass is 402 g/mol. The maximum absolute atomic E-state index is 12.6. The summed E-state index contributed by atoms with van der Waals surface area (Å²) < 4.78 is 66.0. The average Bonchev–Trinajstić information content (AvgIpc) is 2.60. The molecule has 0 aliphatic carbocycles. The van der Waals surface area contributed by atoms with E-state index in [1.165, 1.54) is 0 Å². The summed E-state index contributed by atoms with van der Waals surface area (Å²) in [7, 11) is -1.89. The van der Waals surface area contributed by atoms with Gasteiger partial charge < -0.3 is 15.4 Å². The lowest BCUT2D eigenvalue weighted by atomic mass is 9.98. The van der Waals surface area contributed by atoms with Crippen LogP contribution >= 0.6 is 0 Å². The van der Waals surface area contributed by atoms with Crippen molar-refractivity contribution in [1.82, 2.24) is 14.9 Å². The van der Waals surface area contributed by atoms with Gasteiger partial charge in [-0.2, -0.15) is 17.5 Å². The van der Waals surface area contributed by atoms with Crippen molar-refractivity contribution < 1.29 is 26.3 Å². The molecule has 0 aromatic rings. The van der Waals surface area contributed by atoms with Crippen LogP contribution in [0.15, 0.2) is 4.99 Å². The summed E-state index contributed by atoms with van der Waals surface area (Å²) >= 11 is 0. The number of alkyl halides is 3. The summed E-state index contributed by atoms with van der Waals surface area (Å²) in [5, 5.41) is 6.33. The number of ether oxygens (including phenoxy) is 1. The number of unbranched alkanes of at least 4 members (excludes halogenated alkanes) is 2. The lowest BCUT2D eigenvalue weighted by Gasteiger charge is -2.31. The van der Waals surface area contributed by atoms with E-state index in [-0.39, 0.29) is 19.0 Å². The van der Waals surface area contributed by atoms with Crippen molar-refractivity contribution in [3.8, 4) is 0 Å². The van der Waals surface area contributed by atoms with Crippen molar-refractivity contribution >= 4 is 16.0 Å². The minimum atomic E-state index is -5.23. The van der Waals surface area contributed by atoms with Crippen LogP contribution in [0, 0.1) is 5.92 Å². The maximum atomic E-state index is 12.6. The standard InChI is InChI=1S/C15H29F3N4O3S/c1-19-14(20-8-4-3-5-11-25-2)21-12-13-6-9-22(10-7-13)26(23,24)15(16,17)18/h13H,3-12H2,1-2H3,(H2,19,20,21). The molecule has 1 saturated heterocycles. The van der Waals surface area contributed by atoms with Gasteiger partial charge in [-0.15, -0.1) is 0 Å². The fraction of sp³-hybridized carbons (Fsp3) is 0.933. The normalized spacial score (nSPS) is 18.1. The first kappa shape index (κ1) is 23.0. The molecule has 0 aromatic carbocycles. The topological polar surface area (TPSA) is 83.0 Å². The Morgan fingerprint density at radius 3 is 2.38 bits per heavy atom. The highest BCUT2D eigenvalue weighted by Crippen LogP contribution is 2.30. The molecule has 0 spiro atoms. The van der Waals surface area contributed by atoms with E-state index < -0.39 is 15.5 Å². The first-order valence-corrected chi connectivity index (χ1v) is 10.2. The van der Waals surface area contributed by atoms with Crippen molar-refractivity contribution in [3.63, 3.8) is 0 Å². The van der Waals surface area contributed by atoms with E-state index in [0.29, 0.717) is 29.7 Å². The second-order valence-corrected chi connectivity index (χ2v) is 8.16. The molecule has 1 rings (SSSR count). The van der Waals surface area contributed by atoms with Gasteiger partial charge in [-0.3, -0.25) is 4.99 Å². The minimum absolute atomic E-state index is 0.106. The number of nitrogens with zero attached hydrogens (tertiary/aromatic N) is 2. The van der Waals surface area contributed by atoms with Crippen molar-refractivity contribution in [2.75, 3.05) is 46.9 Å². The van der Waals surface area contributed by atoms with Crippen LogP contribution in [-0.2, 0) is 14.8 Å². The highest BCUT2D eigenvalue weighted by molar-refractivity contribution is 7.90. The van der Waals surface area contributed by atoms with Crippen LogP contribution in [0.2, 0.25) is 0 Å². The van der Waals surface area contributed by atoms with E-state index >= 15 is 0 Å². The lowest BCUT2D eigenvalue weighted by Crippen LogP contribution is -2.47. The molecule has 0 saturated carbocycles. The molecule has 2 N–H and O–H groups in total. The molecular weight excluding hydrogens is 373 g/mol. The number of hydrogen-bond acceptors (Lipinski definition) is 4. The summed E-state index contributed by atoms with van der Waals surface area (Å²) in [6, 6.07) is 0. The van der Waals surface area contributed by atoms with Gasteiger partial charge in [0.1, 0.15) is 0 Å². The lowest BCUT2D eigenvalue weighted by molar-refractivity contribution is -0.0496. The molecule has 7 nitrogen and oxygen atoms in total. The molecule has 26 heavy (non-hydrogen) atoms. The summed E-state index contributed by atoms with van der Waals surface area (Å²) in [6.45, 7) is 1.84. The molecule has 1 aliphatic heterocycles. The molecule has 0 radical (unpaired) electrons. The Hall–Kier alpha value is -1.07. The Bertz CT molecular complexity index is 533. The summed E-state index contributed by atoms with van der Waals surface area (Å²) in [6.07, 6.45) is 3.80. The number of hydrogen-bond donors (Lipinski definition) is 2. The second kappa shape index (κ2) is 10.9. The SMILES string of the molecule is CN=C(NCCCCCOC)NCC1CCN(S(=O)(=O)C(F)(F)F)CC1. The molecule has 0 bridgehead atoms. The van der Waals surface area contributed by atoms with Crippen LogP contribution in [0.3, 0.4) is 0 Å². The zero-order valence-corrected chi connectivity index (χ0v) is 16.1. The van der Waals surface area contributed by atoms with Gasteiger partial charge in [0, 0.05) is 46.9 Å². The number of halogens is 3. The van der Waals surface area contributed by atoms with E-state index in [1.54, 1.807) is 14.2 Å². The van der Waals surface area contributed by atoms with Crippen molar-refractivity contribution in [2.45, 2.75) is 37.6 Å². The Morgan fingerprint density at radius 2 is 1.85 bits per heavy atom. The number of nitrogens with one attached hydrogen (secondary N) is 2. The second-order valence-electron chi connectivity index (χ2n) is 6.23. The maximum Gasteiger partial charge on any atom is 0.511 e. The quantitative estimate of drug-likeness (QED) is 0.347. The fourth-order valence-electron chi connectivity index (χ4n) is 2.72. The Labute approximate surface area is 153 Å². The molecule has 0 aromatic heterocycles. The molecule has 0 atom stereocenters. The van der Waals surface area contributed by atoms with Gasteiger partial charge in [-0.05, 0) is 38.0 Å². The first-order chi connectivity index (χ1) is 12.2. The van der Waals surface area contributed by atoms with Gasteiger partial charge in [0.05, 0.1) is 0 Å². The minimum Gasteiger partial charge on any atom is -0.385 e. The van der Waals surface area contributed by atoms with E-state index in [0.717, 1.165) is 32.4 Å². The zero-order chi connectivity index (χ0) is 19.6. The van der Waals surface area contributed by atoms with Gasteiger partial charge in [-0.25, -0.2) is 8.42 Å². The molecule has 1 aliphatic rings. The smallest absolute Gasteiger partial charge is 0.385 e. The Morgan fingerprint density at radius 1 is 1.19 bits per heavy atom. The van der Waals surface area contributed by atoms with Gasteiger partial charge in [0.15, 0.2) is 5.96 Å². The third-order valence-electron chi connectivity index (χ3n) is 4.31. The van der Waals surface area contributed by atoms with E-state index in [9.17, 15) is 21.6 Å². The van der Waals surface area contributed by atoms with Gasteiger partial charge in [0.2, 0.25) is 0 Å². The number of sulfonamides is 1. The third-order valence-corrected chi connectivity index (χ3v) is 5.94. The number of piperidine rings is 1. The highest BCUT2D eigenvalue weighted by atomic mass is 32.2. The third kappa shape index (κ3) is 7.28. The van der Waals surface area contributed by atoms with Crippen LogP contribution in [0.4, 0.5) is 13.2 Å². The van der Waals surface area contributed by atoms with Crippen LogP contribution in [0.25, 0.3) is 0 Å². The van der Waals surface area contributed by atoms with Crippen LogP contribution in [-0.4, -0.2) is 71.1 Å². The van der Waals surface area contributed by atoms with Crippen molar-refractivity contribution in [1.29, 1.82) is 0 Å². The highest BCUT2D eigenvalue weighted by Gasteiger charge is 2.50. The van der Waals surface area contributed by atoms with E-state index in [4.69, 9.17) is 4.74 Å². The van der Waals surface area contributed by atoms with Crippen LogP contribution in [0.1, 0.15) is 32.1 Å². The van der Waals surface area contributed by atoms with Gasteiger partial charge in [-0.1, -0.05) is 0 Å². The van der Waals surface area contributed by atoms with Crippen LogP contribution < -0.4 is 10.6 Å². The number of methoxy groups -OCH3 is 1. The molecule has 1 heterocycles. The largest absolute Gasteiger partial charge is 0.511 e. The number of aliphatic imine (C=N–C) groups is 1. The number of guanidine groups is 1. The molecule has 0 amide bonds. The Balaban J connectivity index is 2.28. The van der Waals surface area contributed by atoms with E-state index in [2.05, 4.69) is 15.6 Å². The van der Waals surface area contributed by atoms with Crippen molar-refractivity contribution in [2.24, 2.45) is 10.9 Å².